The summed E-state index contributed by atoms with van der Waals surface area (Å²) in [5, 5.41) is 6.34. The summed E-state index contributed by atoms with van der Waals surface area (Å²) in [4.78, 5) is 14.5. The molecule has 1 unspecified atom stereocenters. The smallest absolute Gasteiger partial charge is 0.227 e. The van der Waals surface area contributed by atoms with Crippen LogP contribution in [0.5, 0.6) is 0 Å². The van der Waals surface area contributed by atoms with Crippen molar-refractivity contribution in [3.63, 3.8) is 0 Å². The van der Waals surface area contributed by atoms with Gasteiger partial charge in [0.2, 0.25) is 5.91 Å². The second-order valence-corrected chi connectivity index (χ2v) is 6.42. The lowest BCUT2D eigenvalue weighted by Crippen LogP contribution is -2.44. The first-order chi connectivity index (χ1) is 8.21. The van der Waals surface area contributed by atoms with E-state index in [1.54, 1.807) is 0 Å². The Hall–Kier alpha value is 0.320. The lowest BCUT2D eigenvalue weighted by atomic mass is 9.89. The van der Waals surface area contributed by atoms with Crippen molar-refractivity contribution in [2.75, 3.05) is 50.8 Å². The number of nitrogens with one attached hydrogen (secondary N) is 2. The second kappa shape index (κ2) is 9.29. The highest BCUT2D eigenvalue weighted by Crippen LogP contribution is 2.24. The first-order valence-electron chi connectivity index (χ1n) is 6.50. The van der Waals surface area contributed by atoms with E-state index < -0.39 is 0 Å². The number of rotatable bonds is 4. The van der Waals surface area contributed by atoms with Gasteiger partial charge in [0.15, 0.2) is 0 Å². The van der Waals surface area contributed by atoms with Crippen molar-refractivity contribution in [1.29, 1.82) is 0 Å². The van der Waals surface area contributed by atoms with Gasteiger partial charge in [0.1, 0.15) is 0 Å². The molecular weight excluding hydrogens is 305 g/mol. The average molecular weight is 330 g/mol. The fraction of sp³-hybridized carbons (Fsp3) is 0.917. The molecule has 1 amide bonds. The van der Waals surface area contributed by atoms with Gasteiger partial charge in [-0.2, -0.15) is 11.8 Å². The third kappa shape index (κ3) is 5.68. The van der Waals surface area contributed by atoms with Crippen molar-refractivity contribution in [1.82, 2.24) is 15.5 Å². The molecule has 0 aromatic heterocycles. The lowest BCUT2D eigenvalue weighted by molar-refractivity contribution is -0.129. The van der Waals surface area contributed by atoms with Crippen LogP contribution in [0.1, 0.15) is 13.3 Å². The van der Waals surface area contributed by atoms with Gasteiger partial charge < -0.3 is 10.6 Å². The molecule has 0 bridgehead atoms. The number of carbonyl (C=O) groups is 1. The highest BCUT2D eigenvalue weighted by molar-refractivity contribution is 7.99. The van der Waals surface area contributed by atoms with Crippen molar-refractivity contribution in [2.45, 2.75) is 13.3 Å². The normalized spacial score (nSPS) is 27.2. The summed E-state index contributed by atoms with van der Waals surface area (Å²) in [5.74, 6) is 2.68. The molecule has 0 radical (unpaired) electrons. The zero-order chi connectivity index (χ0) is 12.1. The zero-order valence-corrected chi connectivity index (χ0v) is 13.9. The Morgan fingerprint density at radius 3 is 2.63 bits per heavy atom. The summed E-state index contributed by atoms with van der Waals surface area (Å²) in [7, 11) is 0. The summed E-state index contributed by atoms with van der Waals surface area (Å²) in [6.07, 6.45) is 0.958. The maximum atomic E-state index is 12.0. The fourth-order valence-electron chi connectivity index (χ4n) is 2.38. The number of carbonyl (C=O) groups excluding carboxylic acids is 1. The first-order valence-corrected chi connectivity index (χ1v) is 7.65. The van der Waals surface area contributed by atoms with Crippen LogP contribution in [0.15, 0.2) is 0 Å². The minimum absolute atomic E-state index is 0. The SMILES string of the molecule is CC1(C(=O)NCCN2CCSCC2)CCNC1.Cl.Cl. The van der Waals surface area contributed by atoms with Crippen LogP contribution in [0.2, 0.25) is 0 Å². The molecule has 2 N–H and O–H groups in total. The number of hydrogen-bond acceptors (Lipinski definition) is 4. The predicted octanol–water partition coefficient (Wildman–Crippen LogP) is 0.995. The van der Waals surface area contributed by atoms with Gasteiger partial charge in [0.05, 0.1) is 5.41 Å². The number of amides is 1. The van der Waals surface area contributed by atoms with E-state index in [0.29, 0.717) is 0 Å². The summed E-state index contributed by atoms with van der Waals surface area (Å²) in [6, 6.07) is 0. The molecule has 2 heterocycles. The summed E-state index contributed by atoms with van der Waals surface area (Å²) in [6.45, 7) is 7.96. The van der Waals surface area contributed by atoms with E-state index in [-0.39, 0.29) is 36.1 Å². The van der Waals surface area contributed by atoms with Crippen LogP contribution in [-0.2, 0) is 4.79 Å². The van der Waals surface area contributed by atoms with Gasteiger partial charge in [0, 0.05) is 44.2 Å². The highest BCUT2D eigenvalue weighted by Gasteiger charge is 2.35. The van der Waals surface area contributed by atoms with E-state index in [4.69, 9.17) is 0 Å². The Morgan fingerprint density at radius 2 is 2.05 bits per heavy atom. The van der Waals surface area contributed by atoms with E-state index in [9.17, 15) is 4.79 Å². The molecule has 0 saturated carbocycles. The standard InChI is InChI=1S/C12H23N3OS.2ClH/c1-12(2-3-13-10-12)11(16)14-4-5-15-6-8-17-9-7-15;;/h13H,2-10H2,1H3,(H,14,16);2*1H. The molecule has 0 aromatic rings. The van der Waals surface area contributed by atoms with Crippen LogP contribution in [0.4, 0.5) is 0 Å². The molecule has 2 aliphatic rings. The van der Waals surface area contributed by atoms with Gasteiger partial charge >= 0.3 is 0 Å². The van der Waals surface area contributed by atoms with Gasteiger partial charge in [-0.25, -0.2) is 0 Å². The van der Waals surface area contributed by atoms with Crippen LogP contribution in [-0.4, -0.2) is 61.6 Å². The van der Waals surface area contributed by atoms with Gasteiger partial charge in [-0.3, -0.25) is 9.69 Å². The molecule has 2 rings (SSSR count). The van der Waals surface area contributed by atoms with E-state index in [0.717, 1.165) is 32.6 Å². The Bertz CT molecular complexity index is 270. The Morgan fingerprint density at radius 1 is 1.37 bits per heavy atom. The van der Waals surface area contributed by atoms with Crippen LogP contribution >= 0.6 is 36.6 Å². The van der Waals surface area contributed by atoms with Gasteiger partial charge in [-0.05, 0) is 19.9 Å². The van der Waals surface area contributed by atoms with Crippen LogP contribution in [0.3, 0.4) is 0 Å². The van der Waals surface area contributed by atoms with Gasteiger partial charge in [0.25, 0.3) is 0 Å². The van der Waals surface area contributed by atoms with Crippen LogP contribution < -0.4 is 10.6 Å². The number of thioether (sulfide) groups is 1. The predicted molar refractivity (Wildman–Crippen MR) is 86.9 cm³/mol. The second-order valence-electron chi connectivity index (χ2n) is 5.20. The Kier molecular flexibility index (Phi) is 9.45. The Balaban J connectivity index is 0.00000162. The van der Waals surface area contributed by atoms with E-state index in [1.807, 2.05) is 11.8 Å². The number of halogens is 2. The van der Waals surface area contributed by atoms with E-state index >= 15 is 0 Å². The molecule has 0 aromatic carbocycles. The topological polar surface area (TPSA) is 44.4 Å². The van der Waals surface area contributed by atoms with E-state index in [2.05, 4.69) is 22.5 Å². The quantitative estimate of drug-likeness (QED) is 0.807. The summed E-state index contributed by atoms with van der Waals surface area (Å²) in [5.41, 5.74) is -0.183. The molecule has 1 atom stereocenters. The molecular formula is C12H25Cl2N3OS. The third-order valence-corrected chi connectivity index (χ3v) is 4.68. The molecule has 2 fully saturated rings. The van der Waals surface area contributed by atoms with Crippen LogP contribution in [0.25, 0.3) is 0 Å². The largest absolute Gasteiger partial charge is 0.354 e. The maximum absolute atomic E-state index is 12.0. The maximum Gasteiger partial charge on any atom is 0.227 e. The minimum atomic E-state index is -0.183. The molecule has 4 nitrogen and oxygen atoms in total. The average Bonchev–Trinajstić information content (AvgIpc) is 2.79. The molecule has 7 heteroatoms. The van der Waals surface area contributed by atoms with Crippen molar-refractivity contribution in [3.05, 3.63) is 0 Å². The molecule has 114 valence electrons. The molecule has 0 spiro atoms. The van der Waals surface area contributed by atoms with E-state index in [1.165, 1.54) is 24.6 Å². The first kappa shape index (κ1) is 19.3. The molecule has 0 aliphatic carbocycles. The number of nitrogens with zero attached hydrogens (tertiary/aromatic N) is 1. The molecule has 2 aliphatic heterocycles. The monoisotopic (exact) mass is 329 g/mol. The van der Waals surface area contributed by atoms with Crippen molar-refractivity contribution in [3.8, 4) is 0 Å². The highest BCUT2D eigenvalue weighted by atomic mass is 35.5. The van der Waals surface area contributed by atoms with Crippen molar-refractivity contribution < 1.29 is 4.79 Å². The molecule has 19 heavy (non-hydrogen) atoms. The lowest BCUT2D eigenvalue weighted by Gasteiger charge is -2.27. The summed E-state index contributed by atoms with van der Waals surface area (Å²) < 4.78 is 0. The van der Waals surface area contributed by atoms with Crippen molar-refractivity contribution >= 4 is 42.5 Å². The van der Waals surface area contributed by atoms with Crippen molar-refractivity contribution in [2.24, 2.45) is 5.41 Å². The summed E-state index contributed by atoms with van der Waals surface area (Å²) >= 11 is 2.02. The third-order valence-electron chi connectivity index (χ3n) is 3.73. The van der Waals surface area contributed by atoms with Gasteiger partial charge in [-0.1, -0.05) is 0 Å². The fourth-order valence-corrected chi connectivity index (χ4v) is 3.36. The minimum Gasteiger partial charge on any atom is -0.354 e. The van der Waals surface area contributed by atoms with Crippen LogP contribution in [0, 0.1) is 5.41 Å². The molecule has 2 saturated heterocycles. The Labute approximate surface area is 132 Å². The number of hydrogen-bond donors (Lipinski definition) is 2. The zero-order valence-electron chi connectivity index (χ0n) is 11.4. The van der Waals surface area contributed by atoms with Gasteiger partial charge in [-0.15, -0.1) is 24.8 Å².